The number of benzene rings is 1. The molecule has 92 valence electrons. The zero-order valence-electron chi connectivity index (χ0n) is 10.1. The van der Waals surface area contributed by atoms with E-state index in [1.54, 1.807) is 11.8 Å². The third kappa shape index (κ3) is 2.64. The summed E-state index contributed by atoms with van der Waals surface area (Å²) in [7, 11) is 0. The molecular formula is C13H17NO2S. The quantitative estimate of drug-likeness (QED) is 0.846. The summed E-state index contributed by atoms with van der Waals surface area (Å²) >= 11 is 1.61. The molecule has 0 bridgehead atoms. The smallest absolute Gasteiger partial charge is 0.257 e. The molecule has 1 aromatic carbocycles. The van der Waals surface area contributed by atoms with E-state index in [9.17, 15) is 9.90 Å². The topological polar surface area (TPSA) is 49.3 Å². The predicted molar refractivity (Wildman–Crippen MR) is 71.4 cm³/mol. The number of hydrogen-bond acceptors (Lipinski definition) is 3. The van der Waals surface area contributed by atoms with Crippen LogP contribution in [0.25, 0.3) is 0 Å². The number of amides is 1. The van der Waals surface area contributed by atoms with Crippen LogP contribution in [0.1, 0.15) is 17.5 Å². The summed E-state index contributed by atoms with van der Waals surface area (Å²) in [4.78, 5) is 12.0. The molecule has 1 fully saturated rings. The minimum Gasteiger partial charge on any atom is -0.379 e. The lowest BCUT2D eigenvalue weighted by Gasteiger charge is -2.20. The van der Waals surface area contributed by atoms with E-state index in [4.69, 9.17) is 0 Å². The fraction of sp³-hybridized carbons (Fsp3) is 0.462. The van der Waals surface area contributed by atoms with Crippen molar-refractivity contribution in [3.8, 4) is 0 Å². The number of aryl methyl sites for hydroxylation is 2. The summed E-state index contributed by atoms with van der Waals surface area (Å²) in [6.45, 7) is 4.03. The maximum Gasteiger partial charge on any atom is 0.257 e. The van der Waals surface area contributed by atoms with Crippen LogP contribution in [-0.2, 0) is 4.79 Å². The molecule has 0 aliphatic carbocycles. The molecule has 1 heterocycles. The molecule has 0 spiro atoms. The number of carbonyl (C=O) groups excluding carboxylic acids is 1. The fourth-order valence-electron chi connectivity index (χ4n) is 1.80. The van der Waals surface area contributed by atoms with E-state index < -0.39 is 5.60 Å². The second kappa shape index (κ2) is 4.70. The number of nitrogens with one attached hydrogen (secondary N) is 1. The molecule has 1 aliphatic rings. The standard InChI is InChI=1S/C13H17NO2S/c1-9-3-4-11(7-10(9)2)14-12(15)13(16)5-6-17-8-13/h3-4,7,16H,5-6,8H2,1-2H3,(H,14,15). The van der Waals surface area contributed by atoms with Crippen molar-refractivity contribution in [3.63, 3.8) is 0 Å². The normalized spacial score (nSPS) is 23.7. The Morgan fingerprint density at radius 1 is 1.41 bits per heavy atom. The van der Waals surface area contributed by atoms with Gasteiger partial charge in [0.05, 0.1) is 0 Å². The Balaban J connectivity index is 2.10. The minimum atomic E-state index is -1.19. The second-order valence-corrected chi connectivity index (χ2v) is 5.69. The molecule has 1 saturated heterocycles. The minimum absolute atomic E-state index is 0.286. The summed E-state index contributed by atoms with van der Waals surface area (Å²) in [5.41, 5.74) is 1.89. The van der Waals surface area contributed by atoms with E-state index >= 15 is 0 Å². The Bertz CT molecular complexity index is 439. The fourth-order valence-corrected chi connectivity index (χ4v) is 3.04. The highest BCUT2D eigenvalue weighted by Crippen LogP contribution is 2.29. The van der Waals surface area contributed by atoms with Crippen LogP contribution >= 0.6 is 11.8 Å². The van der Waals surface area contributed by atoms with Gasteiger partial charge in [-0.2, -0.15) is 11.8 Å². The maximum absolute atomic E-state index is 12.0. The molecule has 1 aliphatic heterocycles. The Hall–Kier alpha value is -1.00. The maximum atomic E-state index is 12.0. The van der Waals surface area contributed by atoms with Gasteiger partial charge in [0.2, 0.25) is 0 Å². The van der Waals surface area contributed by atoms with Crippen molar-refractivity contribution in [1.29, 1.82) is 0 Å². The van der Waals surface area contributed by atoms with Gasteiger partial charge in [-0.15, -0.1) is 0 Å². The van der Waals surface area contributed by atoms with Crippen LogP contribution in [-0.4, -0.2) is 28.1 Å². The number of anilines is 1. The molecule has 4 heteroatoms. The first-order chi connectivity index (χ1) is 8.01. The van der Waals surface area contributed by atoms with Crippen LogP contribution in [0.4, 0.5) is 5.69 Å². The lowest BCUT2D eigenvalue weighted by atomic mass is 10.0. The van der Waals surface area contributed by atoms with Crippen LogP contribution in [0.5, 0.6) is 0 Å². The van der Waals surface area contributed by atoms with E-state index in [1.807, 2.05) is 32.0 Å². The van der Waals surface area contributed by atoms with Crippen LogP contribution < -0.4 is 5.32 Å². The van der Waals surface area contributed by atoms with Gasteiger partial charge in [0.1, 0.15) is 0 Å². The van der Waals surface area contributed by atoms with Crippen molar-refractivity contribution in [2.24, 2.45) is 0 Å². The van der Waals surface area contributed by atoms with Crippen LogP contribution in [0.3, 0.4) is 0 Å². The van der Waals surface area contributed by atoms with Crippen LogP contribution in [0.15, 0.2) is 18.2 Å². The number of thioether (sulfide) groups is 1. The monoisotopic (exact) mass is 251 g/mol. The highest BCUT2D eigenvalue weighted by Gasteiger charge is 2.39. The average molecular weight is 251 g/mol. The van der Waals surface area contributed by atoms with Crippen molar-refractivity contribution >= 4 is 23.4 Å². The second-order valence-electron chi connectivity index (χ2n) is 4.59. The first-order valence-electron chi connectivity index (χ1n) is 5.70. The molecular weight excluding hydrogens is 234 g/mol. The number of hydrogen-bond donors (Lipinski definition) is 2. The van der Waals surface area contributed by atoms with Gasteiger partial charge in [-0.25, -0.2) is 0 Å². The Morgan fingerprint density at radius 3 is 2.76 bits per heavy atom. The molecule has 2 rings (SSSR count). The van der Waals surface area contributed by atoms with Crippen molar-refractivity contribution in [1.82, 2.24) is 0 Å². The van der Waals surface area contributed by atoms with E-state index in [-0.39, 0.29) is 5.91 Å². The zero-order chi connectivity index (χ0) is 12.5. The third-order valence-corrected chi connectivity index (χ3v) is 4.36. The van der Waals surface area contributed by atoms with Crippen molar-refractivity contribution in [3.05, 3.63) is 29.3 Å². The Kier molecular flexibility index (Phi) is 3.45. The van der Waals surface area contributed by atoms with Crippen molar-refractivity contribution < 1.29 is 9.90 Å². The third-order valence-electron chi connectivity index (χ3n) is 3.19. The SMILES string of the molecule is Cc1ccc(NC(=O)C2(O)CCSC2)cc1C. The van der Waals surface area contributed by atoms with Gasteiger partial charge < -0.3 is 10.4 Å². The lowest BCUT2D eigenvalue weighted by molar-refractivity contribution is -0.131. The molecule has 0 radical (unpaired) electrons. The predicted octanol–water partition coefficient (Wildman–Crippen LogP) is 2.11. The van der Waals surface area contributed by atoms with Gasteiger partial charge in [-0.3, -0.25) is 4.79 Å². The highest BCUT2D eigenvalue weighted by atomic mass is 32.2. The van der Waals surface area contributed by atoms with E-state index in [0.29, 0.717) is 12.2 Å². The summed E-state index contributed by atoms with van der Waals surface area (Å²) in [6, 6.07) is 5.77. The van der Waals surface area contributed by atoms with Gasteiger partial charge in [-0.05, 0) is 49.3 Å². The molecule has 17 heavy (non-hydrogen) atoms. The molecule has 0 aromatic heterocycles. The number of carbonyl (C=O) groups is 1. The molecule has 1 atom stereocenters. The van der Waals surface area contributed by atoms with E-state index in [0.717, 1.165) is 17.0 Å². The molecule has 2 N–H and O–H groups in total. The van der Waals surface area contributed by atoms with E-state index in [1.165, 1.54) is 5.56 Å². The molecule has 3 nitrogen and oxygen atoms in total. The summed E-state index contributed by atoms with van der Waals surface area (Å²) in [5, 5.41) is 12.9. The summed E-state index contributed by atoms with van der Waals surface area (Å²) in [5.74, 6) is 1.05. The molecule has 1 unspecified atom stereocenters. The van der Waals surface area contributed by atoms with Gasteiger partial charge in [0.15, 0.2) is 5.60 Å². The lowest BCUT2D eigenvalue weighted by Crippen LogP contribution is -2.42. The summed E-state index contributed by atoms with van der Waals surface area (Å²) in [6.07, 6.45) is 0.536. The first-order valence-corrected chi connectivity index (χ1v) is 6.85. The van der Waals surface area contributed by atoms with Gasteiger partial charge >= 0.3 is 0 Å². The Morgan fingerprint density at radius 2 is 2.18 bits per heavy atom. The molecule has 0 saturated carbocycles. The van der Waals surface area contributed by atoms with Crippen LogP contribution in [0.2, 0.25) is 0 Å². The molecule has 1 amide bonds. The molecule has 1 aromatic rings. The largest absolute Gasteiger partial charge is 0.379 e. The number of rotatable bonds is 2. The van der Waals surface area contributed by atoms with Gasteiger partial charge in [-0.1, -0.05) is 6.07 Å². The number of aliphatic hydroxyl groups is 1. The van der Waals surface area contributed by atoms with Crippen molar-refractivity contribution in [2.75, 3.05) is 16.8 Å². The first kappa shape index (κ1) is 12.5. The van der Waals surface area contributed by atoms with Gasteiger partial charge in [0.25, 0.3) is 5.91 Å². The van der Waals surface area contributed by atoms with E-state index in [2.05, 4.69) is 5.32 Å². The Labute approximate surface area is 106 Å². The highest BCUT2D eigenvalue weighted by molar-refractivity contribution is 7.99. The van der Waals surface area contributed by atoms with Gasteiger partial charge in [0, 0.05) is 11.4 Å². The summed E-state index contributed by atoms with van der Waals surface area (Å²) < 4.78 is 0. The average Bonchev–Trinajstić information content (AvgIpc) is 2.72. The van der Waals surface area contributed by atoms with Crippen molar-refractivity contribution in [2.45, 2.75) is 25.9 Å². The van der Waals surface area contributed by atoms with Crippen LogP contribution in [0, 0.1) is 13.8 Å². The zero-order valence-corrected chi connectivity index (χ0v) is 10.9.